The number of amides is 1. The van der Waals surface area contributed by atoms with E-state index in [-0.39, 0.29) is 5.82 Å². The van der Waals surface area contributed by atoms with Crippen LogP contribution in [0.2, 0.25) is 0 Å². The maximum absolute atomic E-state index is 13.7. The Labute approximate surface area is 164 Å². The van der Waals surface area contributed by atoms with Crippen LogP contribution in [-0.2, 0) is 9.53 Å². The van der Waals surface area contributed by atoms with E-state index in [0.717, 1.165) is 4.88 Å². The predicted molar refractivity (Wildman–Crippen MR) is 101 cm³/mol. The molecule has 0 bridgehead atoms. The highest BCUT2D eigenvalue weighted by Crippen LogP contribution is 2.27. The lowest BCUT2D eigenvalue weighted by Crippen LogP contribution is -2.41. The lowest BCUT2D eigenvalue weighted by Gasteiger charge is -2.20. The summed E-state index contributed by atoms with van der Waals surface area (Å²) in [4.78, 5) is 31.6. The van der Waals surface area contributed by atoms with Gasteiger partial charge in [0, 0.05) is 6.54 Å². The van der Waals surface area contributed by atoms with E-state index >= 15 is 0 Å². The fourth-order valence-electron chi connectivity index (χ4n) is 3.28. The summed E-state index contributed by atoms with van der Waals surface area (Å²) in [5, 5.41) is 6.23. The average Bonchev–Trinajstić information content (AvgIpc) is 3.46. The molecule has 144 valence electrons. The van der Waals surface area contributed by atoms with Gasteiger partial charge in [0.25, 0.3) is 5.91 Å². The molecule has 0 N–H and O–H groups in total. The molecule has 0 radical (unpaired) electrons. The van der Waals surface area contributed by atoms with Gasteiger partial charge in [-0.2, -0.15) is 0 Å². The molecule has 1 aromatic carbocycles. The van der Waals surface area contributed by atoms with Crippen LogP contribution < -0.4 is 0 Å². The SMILES string of the molecule is COC(=O)C1CCCN1C(=O)c1nc(-c2cccs2)n(-c2cccc(F)c2)n1. The summed E-state index contributed by atoms with van der Waals surface area (Å²) in [6.07, 6.45) is 1.24. The van der Waals surface area contributed by atoms with Gasteiger partial charge in [0.1, 0.15) is 11.9 Å². The van der Waals surface area contributed by atoms with Gasteiger partial charge >= 0.3 is 5.97 Å². The minimum Gasteiger partial charge on any atom is -0.467 e. The Hall–Kier alpha value is -3.07. The lowest BCUT2D eigenvalue weighted by molar-refractivity contribution is -0.145. The van der Waals surface area contributed by atoms with Crippen molar-refractivity contribution in [1.29, 1.82) is 0 Å². The summed E-state index contributed by atoms with van der Waals surface area (Å²) in [5.41, 5.74) is 0.459. The van der Waals surface area contributed by atoms with E-state index in [0.29, 0.717) is 30.9 Å². The first-order chi connectivity index (χ1) is 13.6. The molecule has 1 saturated heterocycles. The molecule has 1 amide bonds. The predicted octanol–water partition coefficient (Wildman–Crippen LogP) is 2.91. The van der Waals surface area contributed by atoms with E-state index in [2.05, 4.69) is 10.1 Å². The first kappa shape index (κ1) is 18.3. The number of rotatable bonds is 4. The van der Waals surface area contributed by atoms with E-state index < -0.39 is 23.7 Å². The fraction of sp³-hybridized carbons (Fsp3) is 0.263. The second-order valence-corrected chi connectivity index (χ2v) is 7.26. The van der Waals surface area contributed by atoms with Crippen molar-refractivity contribution in [3.63, 3.8) is 0 Å². The van der Waals surface area contributed by atoms with Crippen molar-refractivity contribution in [2.75, 3.05) is 13.7 Å². The third-order valence-electron chi connectivity index (χ3n) is 4.58. The van der Waals surface area contributed by atoms with E-state index in [1.807, 2.05) is 17.5 Å². The Morgan fingerprint density at radius 1 is 1.29 bits per heavy atom. The highest BCUT2D eigenvalue weighted by Gasteiger charge is 2.37. The van der Waals surface area contributed by atoms with Gasteiger partial charge in [0.05, 0.1) is 17.7 Å². The number of carbonyl (C=O) groups is 2. The number of halogens is 1. The Balaban J connectivity index is 1.75. The highest BCUT2D eigenvalue weighted by molar-refractivity contribution is 7.13. The molecule has 0 aliphatic carbocycles. The number of carbonyl (C=O) groups excluding carboxylic acids is 2. The number of aromatic nitrogens is 3. The van der Waals surface area contributed by atoms with Crippen LogP contribution in [0.3, 0.4) is 0 Å². The number of hydrogen-bond acceptors (Lipinski definition) is 6. The summed E-state index contributed by atoms with van der Waals surface area (Å²) in [6, 6.07) is 9.00. The zero-order chi connectivity index (χ0) is 19.7. The molecule has 1 unspecified atom stereocenters. The number of thiophene rings is 1. The first-order valence-electron chi connectivity index (χ1n) is 8.74. The first-order valence-corrected chi connectivity index (χ1v) is 9.62. The van der Waals surface area contributed by atoms with Crippen molar-refractivity contribution in [1.82, 2.24) is 19.7 Å². The molecule has 3 aromatic rings. The lowest BCUT2D eigenvalue weighted by atomic mass is 10.2. The van der Waals surface area contributed by atoms with Crippen LogP contribution in [0.25, 0.3) is 16.4 Å². The number of ether oxygens (including phenoxy) is 1. The van der Waals surface area contributed by atoms with Gasteiger partial charge in [-0.3, -0.25) is 4.79 Å². The monoisotopic (exact) mass is 400 g/mol. The number of methoxy groups -OCH3 is 1. The van der Waals surface area contributed by atoms with Crippen LogP contribution in [-0.4, -0.2) is 51.2 Å². The number of benzene rings is 1. The van der Waals surface area contributed by atoms with Crippen LogP contribution in [0.5, 0.6) is 0 Å². The minimum absolute atomic E-state index is 0.0385. The summed E-state index contributed by atoms with van der Waals surface area (Å²) >= 11 is 1.44. The van der Waals surface area contributed by atoms with Gasteiger partial charge in [-0.15, -0.1) is 16.4 Å². The smallest absolute Gasteiger partial charge is 0.328 e. The summed E-state index contributed by atoms with van der Waals surface area (Å²) in [5.74, 6) is -0.903. The molecule has 0 spiro atoms. The summed E-state index contributed by atoms with van der Waals surface area (Å²) < 4.78 is 20.0. The highest BCUT2D eigenvalue weighted by atomic mass is 32.1. The summed E-state index contributed by atoms with van der Waals surface area (Å²) in [7, 11) is 1.30. The Morgan fingerprint density at radius 2 is 2.14 bits per heavy atom. The average molecular weight is 400 g/mol. The Kier molecular flexibility index (Phi) is 4.91. The molecule has 1 fully saturated rings. The minimum atomic E-state index is -0.635. The van der Waals surface area contributed by atoms with Gasteiger partial charge in [-0.05, 0) is 42.5 Å². The third kappa shape index (κ3) is 3.29. The number of nitrogens with zero attached hydrogens (tertiary/aromatic N) is 4. The van der Waals surface area contributed by atoms with Crippen LogP contribution >= 0.6 is 11.3 Å². The Bertz CT molecular complexity index is 1020. The number of likely N-dealkylation sites (tertiary alicyclic amines) is 1. The maximum atomic E-state index is 13.7. The molecule has 9 heteroatoms. The van der Waals surface area contributed by atoms with Gasteiger partial charge < -0.3 is 9.64 Å². The van der Waals surface area contributed by atoms with Crippen molar-refractivity contribution >= 4 is 23.2 Å². The molecular weight excluding hydrogens is 383 g/mol. The van der Waals surface area contributed by atoms with E-state index in [1.54, 1.807) is 12.1 Å². The van der Waals surface area contributed by atoms with Crippen molar-refractivity contribution in [2.45, 2.75) is 18.9 Å². The second-order valence-electron chi connectivity index (χ2n) is 6.31. The molecule has 7 nitrogen and oxygen atoms in total. The van der Waals surface area contributed by atoms with Gasteiger partial charge in [0.15, 0.2) is 5.82 Å². The van der Waals surface area contributed by atoms with E-state index in [4.69, 9.17) is 4.74 Å². The zero-order valence-corrected chi connectivity index (χ0v) is 15.9. The zero-order valence-electron chi connectivity index (χ0n) is 15.0. The molecule has 3 heterocycles. The molecule has 2 aromatic heterocycles. The maximum Gasteiger partial charge on any atom is 0.328 e. The molecule has 0 saturated carbocycles. The molecule has 1 aliphatic rings. The third-order valence-corrected chi connectivity index (χ3v) is 5.45. The standard InChI is InChI=1S/C19H17FN4O3S/c1-27-19(26)14-7-3-9-23(14)18(25)16-21-17(15-8-4-10-28-15)24(22-16)13-6-2-5-12(20)11-13/h2,4-6,8,10-11,14H,3,7,9H2,1H3. The largest absolute Gasteiger partial charge is 0.467 e. The number of esters is 1. The van der Waals surface area contributed by atoms with Gasteiger partial charge in [-0.25, -0.2) is 18.9 Å². The van der Waals surface area contributed by atoms with Crippen molar-refractivity contribution < 1.29 is 18.7 Å². The van der Waals surface area contributed by atoms with Crippen LogP contribution in [0.4, 0.5) is 4.39 Å². The molecular formula is C19H17FN4O3S. The van der Waals surface area contributed by atoms with Gasteiger partial charge in [0.2, 0.25) is 5.82 Å². The molecule has 4 rings (SSSR count). The van der Waals surface area contributed by atoms with Crippen molar-refractivity contribution in [2.24, 2.45) is 0 Å². The van der Waals surface area contributed by atoms with Crippen LogP contribution in [0.1, 0.15) is 23.5 Å². The normalized spacial score (nSPS) is 16.4. The van der Waals surface area contributed by atoms with Crippen molar-refractivity contribution in [3.8, 4) is 16.4 Å². The van der Waals surface area contributed by atoms with E-state index in [1.165, 1.54) is 40.2 Å². The van der Waals surface area contributed by atoms with Gasteiger partial charge in [-0.1, -0.05) is 12.1 Å². The van der Waals surface area contributed by atoms with Crippen LogP contribution in [0, 0.1) is 5.82 Å². The molecule has 28 heavy (non-hydrogen) atoms. The molecule has 1 atom stereocenters. The Morgan fingerprint density at radius 3 is 2.86 bits per heavy atom. The van der Waals surface area contributed by atoms with Crippen LogP contribution in [0.15, 0.2) is 41.8 Å². The topological polar surface area (TPSA) is 77.3 Å². The second kappa shape index (κ2) is 7.51. The fourth-order valence-corrected chi connectivity index (χ4v) is 3.97. The van der Waals surface area contributed by atoms with E-state index in [9.17, 15) is 14.0 Å². The molecule has 1 aliphatic heterocycles. The van der Waals surface area contributed by atoms with Crippen molar-refractivity contribution in [3.05, 3.63) is 53.4 Å². The summed E-state index contributed by atoms with van der Waals surface area (Å²) in [6.45, 7) is 0.432. The quantitative estimate of drug-likeness (QED) is 0.630. The number of hydrogen-bond donors (Lipinski definition) is 0.